The van der Waals surface area contributed by atoms with Crippen LogP contribution in [0, 0.1) is 5.92 Å². The van der Waals surface area contributed by atoms with E-state index in [2.05, 4.69) is 4.72 Å². The molecule has 3 rings (SSSR count). The largest absolute Gasteiger partial charge is 0.487 e. The van der Waals surface area contributed by atoms with E-state index in [9.17, 15) is 13.2 Å². The molecule has 168 valence electrons. The zero-order valence-corrected chi connectivity index (χ0v) is 19.3. The van der Waals surface area contributed by atoms with Gasteiger partial charge in [-0.05, 0) is 59.9 Å². The molecule has 3 aromatic carbocycles. The Bertz CT molecular complexity index is 1210. The molecule has 0 radical (unpaired) electrons. The predicted molar refractivity (Wildman–Crippen MR) is 125 cm³/mol. The van der Waals surface area contributed by atoms with Crippen molar-refractivity contribution in [1.29, 1.82) is 0 Å². The van der Waals surface area contributed by atoms with Crippen LogP contribution in [0.3, 0.4) is 0 Å². The van der Waals surface area contributed by atoms with Gasteiger partial charge in [-0.15, -0.1) is 0 Å². The summed E-state index contributed by atoms with van der Waals surface area (Å²) in [5, 5.41) is 9.36. The molecule has 6 nitrogen and oxygen atoms in total. The van der Waals surface area contributed by atoms with Gasteiger partial charge < -0.3 is 9.84 Å². The molecule has 0 saturated carbocycles. The molecule has 0 heterocycles. The number of carboxylic acid groups (broad SMARTS) is 1. The number of sulfonamides is 1. The summed E-state index contributed by atoms with van der Waals surface area (Å²) in [5.74, 6) is -0.407. The van der Waals surface area contributed by atoms with Gasteiger partial charge in [-0.25, -0.2) is 13.2 Å². The zero-order valence-electron chi connectivity index (χ0n) is 17.7. The predicted octanol–water partition coefficient (Wildman–Crippen LogP) is 5.62. The van der Waals surface area contributed by atoms with Crippen molar-refractivity contribution >= 4 is 33.3 Å². The van der Waals surface area contributed by atoms with Crippen LogP contribution in [-0.4, -0.2) is 19.5 Å². The van der Waals surface area contributed by atoms with E-state index in [1.165, 1.54) is 18.2 Å². The lowest BCUT2D eigenvalue weighted by Gasteiger charge is -2.16. The van der Waals surface area contributed by atoms with Gasteiger partial charge in [-0.3, -0.25) is 4.72 Å². The molecule has 0 aromatic heterocycles. The molecule has 0 bridgehead atoms. The lowest BCUT2D eigenvalue weighted by Crippen LogP contribution is -2.16. The minimum absolute atomic E-state index is 0.125. The summed E-state index contributed by atoms with van der Waals surface area (Å²) in [4.78, 5) is 11.2. The van der Waals surface area contributed by atoms with E-state index >= 15 is 0 Å². The molecular weight excluding hydrogens is 450 g/mol. The molecule has 3 aromatic rings. The van der Waals surface area contributed by atoms with E-state index in [0.717, 1.165) is 11.1 Å². The molecule has 2 N–H and O–H groups in total. The average Bonchev–Trinajstić information content (AvgIpc) is 2.73. The second-order valence-electron chi connectivity index (χ2n) is 7.74. The first-order valence-electron chi connectivity index (χ1n) is 10.0. The Morgan fingerprint density at radius 2 is 1.75 bits per heavy atom. The van der Waals surface area contributed by atoms with E-state index in [0.29, 0.717) is 23.1 Å². The van der Waals surface area contributed by atoms with Crippen LogP contribution in [-0.2, 0) is 23.1 Å². The fraction of sp³-hybridized carbons (Fsp3) is 0.208. The summed E-state index contributed by atoms with van der Waals surface area (Å²) in [6.07, 6.45) is 0.627. The molecule has 0 amide bonds. The third-order valence-corrected chi connectivity index (χ3v) is 6.37. The summed E-state index contributed by atoms with van der Waals surface area (Å²) < 4.78 is 34.8. The zero-order chi connectivity index (χ0) is 23.3. The van der Waals surface area contributed by atoms with Gasteiger partial charge in [0.2, 0.25) is 0 Å². The number of aromatic carboxylic acids is 1. The van der Waals surface area contributed by atoms with Crippen LogP contribution in [0.4, 0.5) is 5.69 Å². The van der Waals surface area contributed by atoms with Crippen LogP contribution < -0.4 is 9.46 Å². The molecule has 0 unspecified atom stereocenters. The van der Waals surface area contributed by atoms with Gasteiger partial charge in [0.15, 0.2) is 0 Å². The summed E-state index contributed by atoms with van der Waals surface area (Å²) in [5.41, 5.74) is 1.87. The van der Waals surface area contributed by atoms with Crippen molar-refractivity contribution in [1.82, 2.24) is 0 Å². The maximum atomic E-state index is 13.2. The number of hydrogen-bond donors (Lipinski definition) is 2. The first kappa shape index (κ1) is 23.6. The number of nitrogens with one attached hydrogen (secondary N) is 1. The van der Waals surface area contributed by atoms with Crippen molar-refractivity contribution in [3.8, 4) is 5.75 Å². The maximum Gasteiger partial charge on any atom is 0.335 e. The monoisotopic (exact) mass is 473 g/mol. The Kier molecular flexibility index (Phi) is 7.43. The molecule has 0 fully saturated rings. The molecule has 0 aliphatic rings. The Balaban J connectivity index is 1.84. The normalized spacial score (nSPS) is 11.4. The second kappa shape index (κ2) is 10.1. The standard InChI is InChI=1S/C24H24ClNO5S/c1-16(2)13-19-5-3-4-6-23(19)32(29,30)26-21-14-20(25)11-12-22(21)31-15-17-7-9-18(10-8-17)24(27)28/h3-12,14,16,26H,13,15H2,1-2H3,(H,27,28). The Labute approximate surface area is 192 Å². The number of carbonyl (C=O) groups is 1. The maximum absolute atomic E-state index is 13.2. The van der Waals surface area contributed by atoms with Crippen molar-refractivity contribution in [2.45, 2.75) is 31.8 Å². The number of anilines is 1. The Morgan fingerprint density at radius 3 is 2.41 bits per heavy atom. The second-order valence-corrected chi connectivity index (χ2v) is 9.83. The van der Waals surface area contributed by atoms with Crippen LogP contribution in [0.1, 0.15) is 35.3 Å². The fourth-order valence-corrected chi connectivity index (χ4v) is 4.67. The molecule has 0 atom stereocenters. The minimum atomic E-state index is -3.88. The van der Waals surface area contributed by atoms with Gasteiger partial charge in [0.05, 0.1) is 16.1 Å². The highest BCUT2D eigenvalue weighted by atomic mass is 35.5. The topological polar surface area (TPSA) is 92.7 Å². The van der Waals surface area contributed by atoms with Gasteiger partial charge in [0.1, 0.15) is 12.4 Å². The van der Waals surface area contributed by atoms with Crippen LogP contribution in [0.2, 0.25) is 5.02 Å². The molecular formula is C24H24ClNO5S. The van der Waals surface area contributed by atoms with E-state index in [4.69, 9.17) is 21.4 Å². The van der Waals surface area contributed by atoms with Gasteiger partial charge in [0, 0.05) is 5.02 Å². The number of hydrogen-bond acceptors (Lipinski definition) is 4. The average molecular weight is 474 g/mol. The Hall–Kier alpha value is -3.03. The van der Waals surface area contributed by atoms with Crippen LogP contribution in [0.15, 0.2) is 71.6 Å². The van der Waals surface area contributed by atoms with Gasteiger partial charge in [0.25, 0.3) is 10.0 Å². The molecule has 8 heteroatoms. The number of rotatable bonds is 9. The number of halogens is 1. The molecule has 0 aliphatic carbocycles. The van der Waals surface area contributed by atoms with Gasteiger partial charge >= 0.3 is 5.97 Å². The highest BCUT2D eigenvalue weighted by Crippen LogP contribution is 2.31. The molecule has 32 heavy (non-hydrogen) atoms. The van der Waals surface area contributed by atoms with Crippen molar-refractivity contribution in [3.63, 3.8) is 0 Å². The van der Waals surface area contributed by atoms with Gasteiger partial charge in [-0.1, -0.05) is 55.8 Å². The number of carboxylic acids is 1. The Morgan fingerprint density at radius 1 is 1.06 bits per heavy atom. The van der Waals surface area contributed by atoms with Crippen molar-refractivity contribution in [2.24, 2.45) is 5.92 Å². The molecule has 0 saturated heterocycles. The van der Waals surface area contributed by atoms with E-state index in [1.54, 1.807) is 36.4 Å². The summed E-state index contributed by atoms with van der Waals surface area (Å²) in [7, 11) is -3.88. The van der Waals surface area contributed by atoms with Crippen molar-refractivity contribution < 1.29 is 23.1 Å². The number of benzene rings is 3. The fourth-order valence-electron chi connectivity index (χ4n) is 3.19. The van der Waals surface area contributed by atoms with Gasteiger partial charge in [-0.2, -0.15) is 0 Å². The summed E-state index contributed by atoms with van der Waals surface area (Å²) in [6, 6.07) is 17.8. The highest BCUT2D eigenvalue weighted by molar-refractivity contribution is 7.92. The molecule has 0 aliphatic heterocycles. The van der Waals surface area contributed by atoms with Crippen LogP contribution in [0.5, 0.6) is 5.75 Å². The highest BCUT2D eigenvalue weighted by Gasteiger charge is 2.21. The van der Waals surface area contributed by atoms with Crippen LogP contribution in [0.25, 0.3) is 0 Å². The number of ether oxygens (including phenoxy) is 1. The quantitative estimate of drug-likeness (QED) is 0.421. The SMILES string of the molecule is CC(C)Cc1ccccc1S(=O)(=O)Nc1cc(Cl)ccc1OCc1ccc(C(=O)O)cc1. The van der Waals surface area contributed by atoms with Crippen LogP contribution >= 0.6 is 11.6 Å². The smallest absolute Gasteiger partial charge is 0.335 e. The van der Waals surface area contributed by atoms with Crippen molar-refractivity contribution in [3.05, 3.63) is 88.4 Å². The third kappa shape index (κ3) is 6.02. The minimum Gasteiger partial charge on any atom is -0.487 e. The van der Waals surface area contributed by atoms with E-state index < -0.39 is 16.0 Å². The third-order valence-electron chi connectivity index (χ3n) is 4.67. The summed E-state index contributed by atoms with van der Waals surface area (Å²) >= 11 is 6.11. The summed E-state index contributed by atoms with van der Waals surface area (Å²) in [6.45, 7) is 4.19. The van der Waals surface area contributed by atoms with E-state index in [-0.39, 0.29) is 22.8 Å². The lowest BCUT2D eigenvalue weighted by molar-refractivity contribution is 0.0697. The first-order chi connectivity index (χ1) is 15.2. The molecule has 0 spiro atoms. The van der Waals surface area contributed by atoms with Crippen molar-refractivity contribution in [2.75, 3.05) is 4.72 Å². The lowest BCUT2D eigenvalue weighted by atomic mass is 10.0. The first-order valence-corrected chi connectivity index (χ1v) is 11.9. The van der Waals surface area contributed by atoms with E-state index in [1.807, 2.05) is 26.0 Å².